The molecule has 0 radical (unpaired) electrons. The number of methoxy groups -OCH3 is 1. The molecule has 0 aromatic rings. The molecule has 0 aromatic heterocycles. The van der Waals surface area contributed by atoms with Crippen LogP contribution in [-0.2, 0) is 9.47 Å². The van der Waals surface area contributed by atoms with E-state index in [4.69, 9.17) is 9.47 Å². The molecule has 0 aromatic carbocycles. The van der Waals surface area contributed by atoms with Gasteiger partial charge < -0.3 is 14.6 Å². The van der Waals surface area contributed by atoms with Gasteiger partial charge >= 0.3 is 0 Å². The Kier molecular flexibility index (Phi) is 7.01. The lowest BCUT2D eigenvalue weighted by Gasteiger charge is -2.14. The Morgan fingerprint density at radius 3 is 2.81 bits per heavy atom. The molecule has 3 heteroatoms. The summed E-state index contributed by atoms with van der Waals surface area (Å²) in [5.74, 6) is 0. The third kappa shape index (κ3) is 5.83. The zero-order chi connectivity index (χ0) is 11.8. The fourth-order valence-electron chi connectivity index (χ4n) is 2.14. The number of ether oxygens (including phenoxy) is 2. The predicted octanol–water partition coefficient (Wildman–Crippen LogP) is 2.51. The van der Waals surface area contributed by atoms with E-state index in [1.54, 1.807) is 7.11 Å². The summed E-state index contributed by atoms with van der Waals surface area (Å²) in [5.41, 5.74) is 0. The summed E-state index contributed by atoms with van der Waals surface area (Å²) in [6.07, 6.45) is 7.84. The van der Waals surface area contributed by atoms with Gasteiger partial charge in [0.25, 0.3) is 0 Å². The second-order valence-corrected chi connectivity index (χ2v) is 4.84. The molecule has 96 valence electrons. The van der Waals surface area contributed by atoms with Crippen molar-refractivity contribution in [2.24, 2.45) is 0 Å². The van der Waals surface area contributed by atoms with E-state index in [0.29, 0.717) is 6.10 Å². The number of hydrogen-bond donors (Lipinski definition) is 1. The van der Waals surface area contributed by atoms with Crippen molar-refractivity contribution in [2.45, 2.75) is 70.2 Å². The molecule has 3 atom stereocenters. The highest BCUT2D eigenvalue weighted by atomic mass is 16.5. The van der Waals surface area contributed by atoms with Gasteiger partial charge in [-0.2, -0.15) is 0 Å². The van der Waals surface area contributed by atoms with Gasteiger partial charge in [0.2, 0.25) is 0 Å². The van der Waals surface area contributed by atoms with Crippen molar-refractivity contribution in [1.82, 2.24) is 0 Å². The van der Waals surface area contributed by atoms with E-state index in [0.717, 1.165) is 38.7 Å². The number of aliphatic hydroxyl groups is 1. The van der Waals surface area contributed by atoms with Crippen LogP contribution in [0.4, 0.5) is 0 Å². The van der Waals surface area contributed by atoms with Gasteiger partial charge in [-0.05, 0) is 51.9 Å². The molecule has 1 N–H and O–H groups in total. The van der Waals surface area contributed by atoms with E-state index >= 15 is 0 Å². The molecule has 3 unspecified atom stereocenters. The Labute approximate surface area is 99.1 Å². The molecule has 1 saturated heterocycles. The zero-order valence-electron chi connectivity index (χ0n) is 10.7. The van der Waals surface area contributed by atoms with Crippen LogP contribution in [0.2, 0.25) is 0 Å². The molecule has 0 saturated carbocycles. The van der Waals surface area contributed by atoms with Gasteiger partial charge in [0.05, 0.1) is 18.3 Å². The number of rotatable bonds is 8. The van der Waals surface area contributed by atoms with Gasteiger partial charge in [-0.3, -0.25) is 0 Å². The molecule has 0 spiro atoms. The molecule has 0 bridgehead atoms. The fourth-order valence-corrected chi connectivity index (χ4v) is 2.14. The van der Waals surface area contributed by atoms with Crippen LogP contribution in [0.5, 0.6) is 0 Å². The van der Waals surface area contributed by atoms with Crippen LogP contribution in [0.3, 0.4) is 0 Å². The molecule has 16 heavy (non-hydrogen) atoms. The summed E-state index contributed by atoms with van der Waals surface area (Å²) in [6, 6.07) is 0. The molecule has 3 nitrogen and oxygen atoms in total. The van der Waals surface area contributed by atoms with Crippen molar-refractivity contribution < 1.29 is 14.6 Å². The van der Waals surface area contributed by atoms with Gasteiger partial charge in [0.15, 0.2) is 0 Å². The first-order valence-corrected chi connectivity index (χ1v) is 6.55. The summed E-state index contributed by atoms with van der Waals surface area (Å²) < 4.78 is 10.7. The number of hydrogen-bond acceptors (Lipinski definition) is 3. The molecular weight excluding hydrogens is 204 g/mol. The summed E-state index contributed by atoms with van der Waals surface area (Å²) >= 11 is 0. The van der Waals surface area contributed by atoms with Crippen molar-refractivity contribution in [3.63, 3.8) is 0 Å². The second kappa shape index (κ2) is 8.04. The average Bonchev–Trinajstić information content (AvgIpc) is 2.79. The highest BCUT2D eigenvalue weighted by molar-refractivity contribution is 4.66. The lowest BCUT2D eigenvalue weighted by molar-refractivity contribution is 0.0748. The SMILES string of the molecule is COC(C)CCC(O)CCCC1CCCO1. The standard InChI is InChI=1S/C13H26O3/c1-11(15-2)8-9-12(14)5-3-6-13-7-4-10-16-13/h11-14H,3-10H2,1-2H3. The Bertz CT molecular complexity index is 167. The molecule has 1 fully saturated rings. The molecule has 1 rings (SSSR count). The lowest BCUT2D eigenvalue weighted by atomic mass is 10.0. The summed E-state index contributed by atoms with van der Waals surface area (Å²) in [6.45, 7) is 2.97. The zero-order valence-corrected chi connectivity index (χ0v) is 10.7. The van der Waals surface area contributed by atoms with Crippen molar-refractivity contribution in [1.29, 1.82) is 0 Å². The highest BCUT2D eigenvalue weighted by Crippen LogP contribution is 2.19. The summed E-state index contributed by atoms with van der Waals surface area (Å²) in [7, 11) is 1.72. The van der Waals surface area contributed by atoms with Crippen LogP contribution >= 0.6 is 0 Å². The minimum atomic E-state index is -0.168. The second-order valence-electron chi connectivity index (χ2n) is 4.84. The van der Waals surface area contributed by atoms with E-state index in [9.17, 15) is 5.11 Å². The van der Waals surface area contributed by atoms with Crippen molar-refractivity contribution in [3.05, 3.63) is 0 Å². The minimum Gasteiger partial charge on any atom is -0.393 e. The molecular formula is C13H26O3. The maximum Gasteiger partial charge on any atom is 0.0576 e. The quantitative estimate of drug-likeness (QED) is 0.696. The summed E-state index contributed by atoms with van der Waals surface area (Å²) in [5, 5.41) is 9.77. The van der Waals surface area contributed by atoms with E-state index in [2.05, 4.69) is 0 Å². The van der Waals surface area contributed by atoms with E-state index in [-0.39, 0.29) is 12.2 Å². The van der Waals surface area contributed by atoms with Crippen LogP contribution in [0.1, 0.15) is 51.9 Å². The largest absolute Gasteiger partial charge is 0.393 e. The Morgan fingerprint density at radius 2 is 2.19 bits per heavy atom. The monoisotopic (exact) mass is 230 g/mol. The Hall–Kier alpha value is -0.120. The first-order chi connectivity index (χ1) is 7.72. The van der Waals surface area contributed by atoms with Gasteiger partial charge in [0, 0.05) is 13.7 Å². The topological polar surface area (TPSA) is 38.7 Å². The first kappa shape index (κ1) is 13.9. The summed E-state index contributed by atoms with van der Waals surface area (Å²) in [4.78, 5) is 0. The normalized spacial score (nSPS) is 24.6. The fraction of sp³-hybridized carbons (Fsp3) is 1.00. The van der Waals surface area contributed by atoms with Gasteiger partial charge in [0.1, 0.15) is 0 Å². The maximum absolute atomic E-state index is 9.77. The molecule has 1 aliphatic rings. The van der Waals surface area contributed by atoms with Crippen LogP contribution in [-0.4, -0.2) is 37.1 Å². The Balaban J connectivity index is 1.94. The van der Waals surface area contributed by atoms with E-state index in [1.807, 2.05) is 6.92 Å². The highest BCUT2D eigenvalue weighted by Gasteiger charge is 2.15. The van der Waals surface area contributed by atoms with Crippen LogP contribution in [0.25, 0.3) is 0 Å². The first-order valence-electron chi connectivity index (χ1n) is 6.55. The lowest BCUT2D eigenvalue weighted by Crippen LogP contribution is -2.13. The molecule has 0 amide bonds. The van der Waals surface area contributed by atoms with E-state index < -0.39 is 0 Å². The maximum atomic E-state index is 9.77. The van der Waals surface area contributed by atoms with Crippen LogP contribution < -0.4 is 0 Å². The number of aliphatic hydroxyl groups excluding tert-OH is 1. The van der Waals surface area contributed by atoms with Gasteiger partial charge in [-0.25, -0.2) is 0 Å². The van der Waals surface area contributed by atoms with Crippen molar-refractivity contribution >= 4 is 0 Å². The molecule has 0 aliphatic carbocycles. The minimum absolute atomic E-state index is 0.168. The third-order valence-corrected chi connectivity index (χ3v) is 3.40. The van der Waals surface area contributed by atoms with Crippen molar-refractivity contribution in [2.75, 3.05) is 13.7 Å². The average molecular weight is 230 g/mol. The predicted molar refractivity (Wildman–Crippen MR) is 64.5 cm³/mol. The van der Waals surface area contributed by atoms with Crippen LogP contribution in [0, 0.1) is 0 Å². The third-order valence-electron chi connectivity index (χ3n) is 3.40. The molecule has 1 heterocycles. The van der Waals surface area contributed by atoms with Gasteiger partial charge in [-0.1, -0.05) is 0 Å². The van der Waals surface area contributed by atoms with Gasteiger partial charge in [-0.15, -0.1) is 0 Å². The Morgan fingerprint density at radius 1 is 1.38 bits per heavy atom. The van der Waals surface area contributed by atoms with E-state index in [1.165, 1.54) is 12.8 Å². The molecule has 1 aliphatic heterocycles. The smallest absolute Gasteiger partial charge is 0.0576 e. The van der Waals surface area contributed by atoms with Crippen LogP contribution in [0.15, 0.2) is 0 Å². The van der Waals surface area contributed by atoms with Crippen molar-refractivity contribution in [3.8, 4) is 0 Å².